The topological polar surface area (TPSA) is 65.7 Å². The van der Waals surface area contributed by atoms with Crippen LogP contribution < -0.4 is 10.2 Å². The molecule has 0 bridgehead atoms. The predicted octanol–water partition coefficient (Wildman–Crippen LogP) is 5.71. The van der Waals surface area contributed by atoms with Crippen molar-refractivity contribution in [2.45, 2.75) is 20.0 Å². The maximum Gasteiger partial charge on any atom is 0.450 e. The van der Waals surface area contributed by atoms with Gasteiger partial charge in [-0.3, -0.25) is 4.79 Å². The smallest absolute Gasteiger partial charge is 0.450 e. The number of esters is 1. The summed E-state index contributed by atoms with van der Waals surface area (Å²) in [4.78, 5) is 24.6. The molecule has 0 fully saturated rings. The monoisotopic (exact) mass is 454 g/mol. The third-order valence-corrected chi connectivity index (χ3v) is 4.53. The molecule has 0 aliphatic carbocycles. The van der Waals surface area contributed by atoms with Gasteiger partial charge in [-0.2, -0.15) is 13.2 Å². The zero-order chi connectivity index (χ0) is 22.8. The minimum atomic E-state index is -4.95. The lowest BCUT2D eigenvalue weighted by atomic mass is 10.0. The molecule has 0 amide bonds. The molecular weight excluding hydrogens is 437 g/mol. The van der Waals surface area contributed by atoms with Gasteiger partial charge in [0.25, 0.3) is 0 Å². The number of ether oxygens (including phenoxy) is 2. The molecule has 0 atom stereocenters. The van der Waals surface area contributed by atoms with E-state index in [1.165, 1.54) is 36.4 Å². The second-order valence-corrected chi connectivity index (χ2v) is 7.54. The SMILES string of the molecule is CC(C)COC(=O)COc1ccc2c(=O)c(-c3ccccc3Cl)c(C(F)(F)F)oc2c1. The van der Waals surface area contributed by atoms with Crippen molar-refractivity contribution in [3.8, 4) is 16.9 Å². The van der Waals surface area contributed by atoms with Gasteiger partial charge in [0, 0.05) is 16.7 Å². The van der Waals surface area contributed by atoms with Crippen molar-refractivity contribution in [3.63, 3.8) is 0 Å². The van der Waals surface area contributed by atoms with Gasteiger partial charge in [-0.05, 0) is 24.1 Å². The maximum absolute atomic E-state index is 13.7. The first-order chi connectivity index (χ1) is 14.6. The molecule has 0 unspecified atom stereocenters. The van der Waals surface area contributed by atoms with Crippen LogP contribution >= 0.6 is 11.6 Å². The predicted molar refractivity (Wildman–Crippen MR) is 109 cm³/mol. The van der Waals surface area contributed by atoms with Crippen molar-refractivity contribution in [3.05, 3.63) is 63.5 Å². The van der Waals surface area contributed by atoms with Crippen LogP contribution in [0.5, 0.6) is 5.75 Å². The molecule has 0 N–H and O–H groups in total. The summed E-state index contributed by atoms with van der Waals surface area (Å²) >= 11 is 6.03. The number of hydrogen-bond acceptors (Lipinski definition) is 5. The van der Waals surface area contributed by atoms with Crippen molar-refractivity contribution in [1.29, 1.82) is 0 Å². The van der Waals surface area contributed by atoms with Gasteiger partial charge in [0.05, 0.1) is 17.6 Å². The lowest BCUT2D eigenvalue weighted by molar-refractivity contribution is -0.152. The molecule has 2 aromatic carbocycles. The van der Waals surface area contributed by atoms with E-state index in [1.807, 2.05) is 13.8 Å². The lowest BCUT2D eigenvalue weighted by Crippen LogP contribution is -2.18. The summed E-state index contributed by atoms with van der Waals surface area (Å²) in [7, 11) is 0. The molecule has 164 valence electrons. The summed E-state index contributed by atoms with van der Waals surface area (Å²) in [6.45, 7) is 3.52. The normalized spacial score (nSPS) is 11.7. The Morgan fingerprint density at radius 1 is 1.16 bits per heavy atom. The van der Waals surface area contributed by atoms with Crippen LogP contribution in [-0.2, 0) is 15.7 Å². The number of rotatable bonds is 6. The summed E-state index contributed by atoms with van der Waals surface area (Å²) in [5, 5.41) is -0.0998. The zero-order valence-electron chi connectivity index (χ0n) is 16.6. The van der Waals surface area contributed by atoms with Gasteiger partial charge in [0.1, 0.15) is 11.3 Å². The van der Waals surface area contributed by atoms with Crippen molar-refractivity contribution >= 4 is 28.5 Å². The van der Waals surface area contributed by atoms with Crippen LogP contribution in [0.3, 0.4) is 0 Å². The van der Waals surface area contributed by atoms with E-state index in [1.54, 1.807) is 0 Å². The average molecular weight is 455 g/mol. The highest BCUT2D eigenvalue weighted by atomic mass is 35.5. The number of carbonyl (C=O) groups excluding carboxylic acids is 1. The van der Waals surface area contributed by atoms with Crippen LogP contribution in [0.25, 0.3) is 22.1 Å². The molecule has 0 aliphatic heterocycles. The highest BCUT2D eigenvalue weighted by molar-refractivity contribution is 6.33. The van der Waals surface area contributed by atoms with Gasteiger partial charge in [-0.25, -0.2) is 4.79 Å². The lowest BCUT2D eigenvalue weighted by Gasteiger charge is -2.14. The van der Waals surface area contributed by atoms with Crippen molar-refractivity contribution in [1.82, 2.24) is 0 Å². The van der Waals surface area contributed by atoms with E-state index in [-0.39, 0.29) is 39.8 Å². The summed E-state index contributed by atoms with van der Waals surface area (Å²) < 4.78 is 56.5. The van der Waals surface area contributed by atoms with Gasteiger partial charge in [-0.1, -0.05) is 43.6 Å². The first-order valence-corrected chi connectivity index (χ1v) is 9.67. The third kappa shape index (κ3) is 5.19. The zero-order valence-corrected chi connectivity index (χ0v) is 17.3. The number of benzene rings is 2. The van der Waals surface area contributed by atoms with Gasteiger partial charge >= 0.3 is 12.1 Å². The molecule has 9 heteroatoms. The average Bonchev–Trinajstić information content (AvgIpc) is 2.70. The number of carbonyl (C=O) groups is 1. The molecule has 0 saturated heterocycles. The fraction of sp³-hybridized carbons (Fsp3) is 0.273. The quantitative estimate of drug-likeness (QED) is 0.446. The van der Waals surface area contributed by atoms with E-state index in [9.17, 15) is 22.8 Å². The van der Waals surface area contributed by atoms with Crippen LogP contribution in [-0.4, -0.2) is 19.2 Å². The van der Waals surface area contributed by atoms with Crippen LogP contribution in [0.2, 0.25) is 5.02 Å². The Labute approximate surface area is 180 Å². The van der Waals surface area contributed by atoms with Crippen LogP contribution in [0.1, 0.15) is 19.6 Å². The van der Waals surface area contributed by atoms with E-state index < -0.39 is 35.5 Å². The van der Waals surface area contributed by atoms with E-state index in [4.69, 9.17) is 25.5 Å². The third-order valence-electron chi connectivity index (χ3n) is 4.20. The van der Waals surface area contributed by atoms with Gasteiger partial charge in [0.2, 0.25) is 11.2 Å². The van der Waals surface area contributed by atoms with Gasteiger partial charge in [-0.15, -0.1) is 0 Å². The molecule has 0 radical (unpaired) electrons. The molecule has 0 saturated carbocycles. The highest BCUT2D eigenvalue weighted by Gasteiger charge is 2.39. The summed E-state index contributed by atoms with van der Waals surface area (Å²) in [6, 6.07) is 9.47. The Balaban J connectivity index is 2.03. The van der Waals surface area contributed by atoms with Gasteiger partial charge < -0.3 is 13.9 Å². The maximum atomic E-state index is 13.7. The van der Waals surface area contributed by atoms with Crippen molar-refractivity contribution in [2.24, 2.45) is 5.92 Å². The summed E-state index contributed by atoms with van der Waals surface area (Å²) in [6.07, 6.45) is -4.95. The Hall–Kier alpha value is -3.00. The fourth-order valence-electron chi connectivity index (χ4n) is 2.81. The standard InChI is InChI=1S/C22H18ClF3O5/c1-12(2)10-30-18(27)11-29-13-7-8-15-17(9-13)31-21(22(24,25)26)19(20(15)28)14-5-3-4-6-16(14)23/h3-9,12H,10-11H2,1-2H3. The molecule has 3 aromatic rings. The Bertz CT molecular complexity index is 1170. The van der Waals surface area contributed by atoms with E-state index >= 15 is 0 Å². The highest BCUT2D eigenvalue weighted by Crippen LogP contribution is 2.39. The summed E-state index contributed by atoms with van der Waals surface area (Å²) in [5.41, 5.74) is -1.97. The fourth-order valence-corrected chi connectivity index (χ4v) is 3.05. The number of hydrogen-bond donors (Lipinski definition) is 0. The Morgan fingerprint density at radius 2 is 1.87 bits per heavy atom. The molecular formula is C22H18ClF3O5. The number of fused-ring (bicyclic) bond motifs is 1. The second-order valence-electron chi connectivity index (χ2n) is 7.14. The number of halogens is 4. The molecule has 3 rings (SSSR count). The van der Waals surface area contributed by atoms with E-state index in [2.05, 4.69) is 0 Å². The molecule has 0 aliphatic rings. The van der Waals surface area contributed by atoms with Crippen LogP contribution in [0, 0.1) is 5.92 Å². The Morgan fingerprint density at radius 3 is 2.52 bits per heavy atom. The summed E-state index contributed by atoms with van der Waals surface area (Å²) in [5.74, 6) is -1.89. The van der Waals surface area contributed by atoms with E-state index in [0.29, 0.717) is 0 Å². The molecule has 31 heavy (non-hydrogen) atoms. The van der Waals surface area contributed by atoms with Crippen LogP contribution in [0.15, 0.2) is 51.7 Å². The van der Waals surface area contributed by atoms with Crippen LogP contribution in [0.4, 0.5) is 13.2 Å². The van der Waals surface area contributed by atoms with Gasteiger partial charge in [0.15, 0.2) is 6.61 Å². The van der Waals surface area contributed by atoms with Crippen molar-refractivity contribution in [2.75, 3.05) is 13.2 Å². The molecule has 1 aromatic heterocycles. The first-order valence-electron chi connectivity index (χ1n) is 9.29. The largest absolute Gasteiger partial charge is 0.482 e. The Kier molecular flexibility index (Phi) is 6.59. The minimum Gasteiger partial charge on any atom is -0.482 e. The van der Waals surface area contributed by atoms with E-state index in [0.717, 1.165) is 6.07 Å². The minimum absolute atomic E-state index is 0.0143. The van der Waals surface area contributed by atoms with Crippen molar-refractivity contribution < 1.29 is 31.9 Å². The molecule has 0 spiro atoms. The second kappa shape index (κ2) is 9.01. The molecule has 1 heterocycles. The number of alkyl halides is 3. The molecule has 5 nitrogen and oxygen atoms in total. The first kappa shape index (κ1) is 22.7.